The molecule has 7 nitrogen and oxygen atoms in total. The summed E-state index contributed by atoms with van der Waals surface area (Å²) in [6.45, 7) is 9.00. The lowest BCUT2D eigenvalue weighted by Gasteiger charge is -2.16. The molecule has 4 aromatic rings. The summed E-state index contributed by atoms with van der Waals surface area (Å²) in [6, 6.07) is 15.1. The standard InChI is InChI=1S/C25H27N5O2/c1-16-9-10-21(13-17(16)2)32-12-11-26-24-14-23(28-19(4)29-24)18(3)30-25(31)22-8-6-5-7-20(22)15-27-30/h5-10,13-15,18H,11-12H2,1-4H3,(H,26,28,29)/t18-/m1/s1. The lowest BCUT2D eigenvalue weighted by Crippen LogP contribution is -2.27. The van der Waals surface area contributed by atoms with Crippen LogP contribution in [0.5, 0.6) is 5.75 Å². The van der Waals surface area contributed by atoms with Gasteiger partial charge in [-0.05, 0) is 57.0 Å². The smallest absolute Gasteiger partial charge is 0.275 e. The van der Waals surface area contributed by atoms with Crippen molar-refractivity contribution in [3.05, 3.63) is 87.7 Å². The third-order valence-electron chi connectivity index (χ3n) is 5.53. The van der Waals surface area contributed by atoms with Crippen molar-refractivity contribution in [1.29, 1.82) is 0 Å². The minimum atomic E-state index is -0.332. The predicted octanol–water partition coefficient (Wildman–Crippen LogP) is 4.21. The molecule has 0 amide bonds. The third kappa shape index (κ3) is 4.61. The molecule has 0 bridgehead atoms. The zero-order valence-electron chi connectivity index (χ0n) is 18.8. The SMILES string of the molecule is Cc1nc(NCCOc2ccc(C)c(C)c2)cc([C@@H](C)n2ncc3ccccc3c2=O)n1. The van der Waals surface area contributed by atoms with Crippen LogP contribution in [-0.2, 0) is 0 Å². The number of benzene rings is 2. The number of rotatable bonds is 7. The van der Waals surface area contributed by atoms with Crippen LogP contribution >= 0.6 is 0 Å². The number of nitrogens with zero attached hydrogens (tertiary/aromatic N) is 4. The zero-order chi connectivity index (χ0) is 22.7. The van der Waals surface area contributed by atoms with Gasteiger partial charge in [-0.25, -0.2) is 14.6 Å². The van der Waals surface area contributed by atoms with Crippen molar-refractivity contribution in [1.82, 2.24) is 19.7 Å². The lowest BCUT2D eigenvalue weighted by molar-refractivity contribution is 0.332. The Morgan fingerprint density at radius 3 is 2.66 bits per heavy atom. The summed E-state index contributed by atoms with van der Waals surface area (Å²) >= 11 is 0. The summed E-state index contributed by atoms with van der Waals surface area (Å²) in [5.74, 6) is 2.17. The largest absolute Gasteiger partial charge is 0.492 e. The van der Waals surface area contributed by atoms with Crippen LogP contribution in [0, 0.1) is 20.8 Å². The molecular formula is C25H27N5O2. The van der Waals surface area contributed by atoms with Gasteiger partial charge in [0.15, 0.2) is 0 Å². The number of fused-ring (bicyclic) bond motifs is 1. The van der Waals surface area contributed by atoms with Gasteiger partial charge >= 0.3 is 0 Å². The quantitative estimate of drug-likeness (QED) is 0.443. The first-order valence-electron chi connectivity index (χ1n) is 10.7. The van der Waals surface area contributed by atoms with Gasteiger partial charge in [0.2, 0.25) is 0 Å². The van der Waals surface area contributed by atoms with Gasteiger partial charge in [-0.2, -0.15) is 5.10 Å². The van der Waals surface area contributed by atoms with E-state index in [-0.39, 0.29) is 11.6 Å². The fourth-order valence-electron chi connectivity index (χ4n) is 3.55. The molecule has 1 atom stereocenters. The van der Waals surface area contributed by atoms with Gasteiger partial charge in [-0.1, -0.05) is 24.3 Å². The van der Waals surface area contributed by atoms with E-state index in [2.05, 4.69) is 40.3 Å². The van der Waals surface area contributed by atoms with Crippen LogP contribution in [-0.4, -0.2) is 32.9 Å². The molecule has 0 fully saturated rings. The van der Waals surface area contributed by atoms with Crippen molar-refractivity contribution in [2.45, 2.75) is 33.7 Å². The highest BCUT2D eigenvalue weighted by Crippen LogP contribution is 2.19. The summed E-state index contributed by atoms with van der Waals surface area (Å²) in [4.78, 5) is 21.9. The molecule has 0 aliphatic carbocycles. The Morgan fingerprint density at radius 2 is 1.84 bits per heavy atom. The Kier molecular flexibility index (Phi) is 6.16. The molecule has 0 radical (unpaired) electrons. The molecule has 2 aromatic carbocycles. The molecule has 0 unspecified atom stereocenters. The van der Waals surface area contributed by atoms with Crippen molar-refractivity contribution in [2.75, 3.05) is 18.5 Å². The second-order valence-corrected chi connectivity index (χ2v) is 7.90. The molecular weight excluding hydrogens is 402 g/mol. The van der Waals surface area contributed by atoms with Gasteiger partial charge in [0.25, 0.3) is 5.56 Å². The van der Waals surface area contributed by atoms with E-state index in [4.69, 9.17) is 4.74 Å². The fraction of sp³-hybridized carbons (Fsp3) is 0.280. The lowest BCUT2D eigenvalue weighted by atomic mass is 10.1. The normalized spacial score (nSPS) is 12.0. The van der Waals surface area contributed by atoms with Gasteiger partial charge in [-0.15, -0.1) is 0 Å². The molecule has 4 rings (SSSR count). The third-order valence-corrected chi connectivity index (χ3v) is 5.53. The monoisotopic (exact) mass is 429 g/mol. The van der Waals surface area contributed by atoms with Crippen molar-refractivity contribution >= 4 is 16.6 Å². The van der Waals surface area contributed by atoms with Gasteiger partial charge < -0.3 is 10.1 Å². The molecule has 164 valence electrons. The highest BCUT2D eigenvalue weighted by molar-refractivity contribution is 5.80. The Balaban J connectivity index is 1.47. The van der Waals surface area contributed by atoms with Crippen molar-refractivity contribution in [2.24, 2.45) is 0 Å². The van der Waals surface area contributed by atoms with Crippen LogP contribution in [0.15, 0.2) is 59.5 Å². The van der Waals surface area contributed by atoms with Crippen molar-refractivity contribution in [3.8, 4) is 5.75 Å². The first-order chi connectivity index (χ1) is 15.4. The van der Waals surface area contributed by atoms with Gasteiger partial charge in [0, 0.05) is 11.5 Å². The number of ether oxygens (including phenoxy) is 1. The van der Waals surface area contributed by atoms with Crippen LogP contribution in [0.1, 0.15) is 35.6 Å². The maximum absolute atomic E-state index is 12.9. The molecule has 0 saturated carbocycles. The van der Waals surface area contributed by atoms with E-state index in [1.165, 1.54) is 15.8 Å². The van der Waals surface area contributed by atoms with E-state index in [9.17, 15) is 4.79 Å². The van der Waals surface area contributed by atoms with Gasteiger partial charge in [0.1, 0.15) is 24.0 Å². The van der Waals surface area contributed by atoms with E-state index in [0.29, 0.717) is 30.2 Å². The molecule has 0 spiro atoms. The summed E-state index contributed by atoms with van der Waals surface area (Å²) in [7, 11) is 0. The average Bonchev–Trinajstić information content (AvgIpc) is 2.79. The van der Waals surface area contributed by atoms with Crippen LogP contribution < -0.4 is 15.6 Å². The van der Waals surface area contributed by atoms with E-state index in [1.54, 1.807) is 6.20 Å². The first kappa shape index (κ1) is 21.5. The number of hydrogen-bond acceptors (Lipinski definition) is 6. The topological polar surface area (TPSA) is 81.9 Å². The molecule has 0 aliphatic rings. The maximum atomic E-state index is 12.9. The second kappa shape index (κ2) is 9.18. The molecule has 32 heavy (non-hydrogen) atoms. The number of aryl methyl sites for hydroxylation is 3. The van der Waals surface area contributed by atoms with Crippen molar-refractivity contribution < 1.29 is 4.74 Å². The maximum Gasteiger partial charge on any atom is 0.275 e. The zero-order valence-corrected chi connectivity index (χ0v) is 18.8. The molecule has 0 aliphatic heterocycles. The van der Waals surface area contributed by atoms with Crippen LogP contribution in [0.25, 0.3) is 10.8 Å². The summed E-state index contributed by atoms with van der Waals surface area (Å²) in [5.41, 5.74) is 3.04. The molecule has 2 heterocycles. The van der Waals surface area contributed by atoms with Gasteiger partial charge in [0.05, 0.1) is 29.9 Å². The van der Waals surface area contributed by atoms with Crippen LogP contribution in [0.2, 0.25) is 0 Å². The van der Waals surface area contributed by atoms with E-state index >= 15 is 0 Å². The Labute approximate surface area is 187 Å². The van der Waals surface area contributed by atoms with E-state index in [0.717, 1.165) is 16.8 Å². The minimum absolute atomic E-state index is 0.136. The Morgan fingerprint density at radius 1 is 1.03 bits per heavy atom. The van der Waals surface area contributed by atoms with E-state index < -0.39 is 0 Å². The molecule has 7 heteroatoms. The first-order valence-corrected chi connectivity index (χ1v) is 10.7. The second-order valence-electron chi connectivity index (χ2n) is 7.90. The number of aromatic nitrogens is 4. The highest BCUT2D eigenvalue weighted by Gasteiger charge is 2.16. The van der Waals surface area contributed by atoms with Crippen LogP contribution in [0.4, 0.5) is 5.82 Å². The van der Waals surface area contributed by atoms with Crippen LogP contribution in [0.3, 0.4) is 0 Å². The van der Waals surface area contributed by atoms with Crippen molar-refractivity contribution in [3.63, 3.8) is 0 Å². The Hall–Kier alpha value is -3.74. The molecule has 1 N–H and O–H groups in total. The number of hydrogen-bond donors (Lipinski definition) is 1. The fourth-order valence-corrected chi connectivity index (χ4v) is 3.55. The Bertz CT molecular complexity index is 1320. The van der Waals surface area contributed by atoms with Gasteiger partial charge in [-0.3, -0.25) is 4.79 Å². The molecule has 0 saturated heterocycles. The van der Waals surface area contributed by atoms with E-state index in [1.807, 2.05) is 56.3 Å². The minimum Gasteiger partial charge on any atom is -0.492 e. The summed E-state index contributed by atoms with van der Waals surface area (Å²) < 4.78 is 7.31. The molecule has 2 aromatic heterocycles. The predicted molar refractivity (Wildman–Crippen MR) is 126 cm³/mol. The number of nitrogens with one attached hydrogen (secondary N) is 1. The summed E-state index contributed by atoms with van der Waals surface area (Å²) in [5, 5.41) is 9.12. The highest BCUT2D eigenvalue weighted by atomic mass is 16.5. The number of anilines is 1. The average molecular weight is 430 g/mol. The summed E-state index contributed by atoms with van der Waals surface area (Å²) in [6.07, 6.45) is 1.71.